The summed E-state index contributed by atoms with van der Waals surface area (Å²) >= 11 is 0. The lowest BCUT2D eigenvalue weighted by Gasteiger charge is -2.09. The summed E-state index contributed by atoms with van der Waals surface area (Å²) in [5, 5.41) is 3.47. The molecule has 100 valence electrons. The molecular weight excluding hydrogens is 234 g/mol. The number of methoxy groups -OCH3 is 1. The molecule has 2 aromatic carbocycles. The van der Waals surface area contributed by atoms with Crippen LogP contribution in [0.1, 0.15) is 16.7 Å². The normalized spacial score (nSPS) is 10.3. The fraction of sp³-hybridized carbons (Fsp3) is 0.294. The Morgan fingerprint density at radius 1 is 0.947 bits per heavy atom. The lowest BCUT2D eigenvalue weighted by molar-refractivity contribution is 0.414. The van der Waals surface area contributed by atoms with E-state index in [4.69, 9.17) is 4.74 Å². The molecule has 0 atom stereocenters. The summed E-state index contributed by atoms with van der Waals surface area (Å²) < 4.78 is 5.15. The van der Waals surface area contributed by atoms with Crippen LogP contribution in [-0.4, -0.2) is 13.7 Å². The highest BCUT2D eigenvalue weighted by Crippen LogP contribution is 2.15. The molecule has 0 unspecified atom stereocenters. The lowest BCUT2D eigenvalue weighted by Crippen LogP contribution is -2.05. The number of ether oxygens (including phenoxy) is 1. The number of hydrogen-bond donors (Lipinski definition) is 1. The van der Waals surface area contributed by atoms with E-state index >= 15 is 0 Å². The zero-order valence-corrected chi connectivity index (χ0v) is 11.9. The van der Waals surface area contributed by atoms with Crippen molar-refractivity contribution < 1.29 is 4.74 Å². The van der Waals surface area contributed by atoms with Crippen LogP contribution >= 0.6 is 0 Å². The molecule has 0 saturated carbocycles. The second-order valence-corrected chi connectivity index (χ2v) is 4.90. The molecule has 19 heavy (non-hydrogen) atoms. The van der Waals surface area contributed by atoms with Gasteiger partial charge in [-0.1, -0.05) is 18.2 Å². The van der Waals surface area contributed by atoms with Crippen molar-refractivity contribution in [2.45, 2.75) is 20.3 Å². The Morgan fingerprint density at radius 3 is 2.16 bits per heavy atom. The summed E-state index contributed by atoms with van der Waals surface area (Å²) in [7, 11) is 1.69. The topological polar surface area (TPSA) is 21.3 Å². The summed E-state index contributed by atoms with van der Waals surface area (Å²) in [6, 6.07) is 14.8. The van der Waals surface area contributed by atoms with Crippen molar-refractivity contribution in [3.63, 3.8) is 0 Å². The molecule has 0 spiro atoms. The maximum atomic E-state index is 5.15. The van der Waals surface area contributed by atoms with Crippen molar-refractivity contribution >= 4 is 5.69 Å². The molecule has 0 aromatic heterocycles. The Bertz CT molecular complexity index is 511. The molecule has 2 aromatic rings. The first kappa shape index (κ1) is 13.5. The van der Waals surface area contributed by atoms with Gasteiger partial charge >= 0.3 is 0 Å². The molecule has 0 aliphatic carbocycles. The van der Waals surface area contributed by atoms with Crippen LogP contribution in [0.4, 0.5) is 5.69 Å². The van der Waals surface area contributed by atoms with Gasteiger partial charge in [0, 0.05) is 12.2 Å². The van der Waals surface area contributed by atoms with Crippen LogP contribution in [0.3, 0.4) is 0 Å². The van der Waals surface area contributed by atoms with Crippen molar-refractivity contribution in [1.29, 1.82) is 0 Å². The van der Waals surface area contributed by atoms with Crippen molar-refractivity contribution in [3.05, 3.63) is 59.2 Å². The quantitative estimate of drug-likeness (QED) is 0.873. The molecule has 0 radical (unpaired) electrons. The Morgan fingerprint density at radius 2 is 1.58 bits per heavy atom. The van der Waals surface area contributed by atoms with Gasteiger partial charge in [0.2, 0.25) is 0 Å². The molecule has 2 heteroatoms. The predicted octanol–water partition coefficient (Wildman–Crippen LogP) is 3.97. The maximum Gasteiger partial charge on any atom is 0.118 e. The SMILES string of the molecule is COc1ccc(CCNc2cc(C)cc(C)c2)cc1. The third-order valence-electron chi connectivity index (χ3n) is 3.12. The average molecular weight is 255 g/mol. The van der Waals surface area contributed by atoms with Crippen LogP contribution in [0.5, 0.6) is 5.75 Å². The van der Waals surface area contributed by atoms with Gasteiger partial charge in [-0.2, -0.15) is 0 Å². The smallest absolute Gasteiger partial charge is 0.118 e. The van der Waals surface area contributed by atoms with E-state index in [0.29, 0.717) is 0 Å². The molecule has 0 bridgehead atoms. The van der Waals surface area contributed by atoms with E-state index in [1.165, 1.54) is 22.4 Å². The highest BCUT2D eigenvalue weighted by Gasteiger charge is 1.97. The van der Waals surface area contributed by atoms with Crippen molar-refractivity contribution in [2.24, 2.45) is 0 Å². The Labute approximate surface area is 115 Å². The van der Waals surface area contributed by atoms with Crippen LogP contribution in [0.2, 0.25) is 0 Å². The van der Waals surface area contributed by atoms with Gasteiger partial charge in [0.25, 0.3) is 0 Å². The summed E-state index contributed by atoms with van der Waals surface area (Å²) in [6.07, 6.45) is 1.01. The molecule has 0 aliphatic rings. The third kappa shape index (κ3) is 4.02. The number of nitrogens with one attached hydrogen (secondary N) is 1. The highest BCUT2D eigenvalue weighted by molar-refractivity contribution is 5.48. The standard InChI is InChI=1S/C17H21NO/c1-13-10-14(2)12-16(11-13)18-9-8-15-4-6-17(19-3)7-5-15/h4-7,10-12,18H,8-9H2,1-3H3. The minimum atomic E-state index is 0.908. The minimum Gasteiger partial charge on any atom is -0.497 e. The molecule has 0 fully saturated rings. The number of benzene rings is 2. The first-order valence-corrected chi connectivity index (χ1v) is 6.62. The van der Waals surface area contributed by atoms with Gasteiger partial charge in [-0.15, -0.1) is 0 Å². The van der Waals surface area contributed by atoms with Gasteiger partial charge in [0.1, 0.15) is 5.75 Å². The van der Waals surface area contributed by atoms with E-state index in [2.05, 4.69) is 49.5 Å². The van der Waals surface area contributed by atoms with Crippen molar-refractivity contribution in [1.82, 2.24) is 0 Å². The molecule has 0 aliphatic heterocycles. The molecule has 0 saturated heterocycles. The van der Waals surface area contributed by atoms with E-state index in [0.717, 1.165) is 18.7 Å². The lowest BCUT2D eigenvalue weighted by atomic mass is 10.1. The van der Waals surface area contributed by atoms with Crippen LogP contribution in [0, 0.1) is 13.8 Å². The highest BCUT2D eigenvalue weighted by atomic mass is 16.5. The Kier molecular flexibility index (Phi) is 4.45. The molecule has 2 rings (SSSR count). The second-order valence-electron chi connectivity index (χ2n) is 4.90. The van der Waals surface area contributed by atoms with E-state index in [-0.39, 0.29) is 0 Å². The Balaban J connectivity index is 1.88. The first-order chi connectivity index (χ1) is 9.17. The van der Waals surface area contributed by atoms with Gasteiger partial charge in [-0.3, -0.25) is 0 Å². The van der Waals surface area contributed by atoms with Gasteiger partial charge < -0.3 is 10.1 Å². The zero-order chi connectivity index (χ0) is 13.7. The zero-order valence-electron chi connectivity index (χ0n) is 11.9. The minimum absolute atomic E-state index is 0.908. The van der Waals surface area contributed by atoms with Crippen LogP contribution < -0.4 is 10.1 Å². The van der Waals surface area contributed by atoms with Crippen molar-refractivity contribution in [2.75, 3.05) is 19.0 Å². The van der Waals surface area contributed by atoms with E-state index in [1.807, 2.05) is 12.1 Å². The number of rotatable bonds is 5. The summed E-state index contributed by atoms with van der Waals surface area (Å²) in [5.74, 6) is 0.908. The molecule has 0 heterocycles. The second kappa shape index (κ2) is 6.28. The largest absolute Gasteiger partial charge is 0.497 e. The van der Waals surface area contributed by atoms with Gasteiger partial charge in [0.05, 0.1) is 7.11 Å². The molecule has 2 nitrogen and oxygen atoms in total. The first-order valence-electron chi connectivity index (χ1n) is 6.62. The summed E-state index contributed by atoms with van der Waals surface area (Å²) in [4.78, 5) is 0. The number of aryl methyl sites for hydroxylation is 2. The van der Waals surface area contributed by atoms with Crippen molar-refractivity contribution in [3.8, 4) is 5.75 Å². The Hall–Kier alpha value is -1.96. The number of hydrogen-bond acceptors (Lipinski definition) is 2. The van der Waals surface area contributed by atoms with Crippen LogP contribution in [-0.2, 0) is 6.42 Å². The number of anilines is 1. The average Bonchev–Trinajstić information content (AvgIpc) is 2.38. The fourth-order valence-corrected chi connectivity index (χ4v) is 2.22. The fourth-order valence-electron chi connectivity index (χ4n) is 2.22. The van der Waals surface area contributed by atoms with E-state index < -0.39 is 0 Å². The predicted molar refractivity (Wildman–Crippen MR) is 81.1 cm³/mol. The van der Waals surface area contributed by atoms with Gasteiger partial charge in [-0.05, 0) is 61.2 Å². The monoisotopic (exact) mass is 255 g/mol. The van der Waals surface area contributed by atoms with Gasteiger partial charge in [-0.25, -0.2) is 0 Å². The van der Waals surface area contributed by atoms with Gasteiger partial charge in [0.15, 0.2) is 0 Å². The maximum absolute atomic E-state index is 5.15. The molecule has 0 amide bonds. The van der Waals surface area contributed by atoms with Crippen LogP contribution in [0.25, 0.3) is 0 Å². The molecule has 1 N–H and O–H groups in total. The molecular formula is C17H21NO. The summed E-state index contributed by atoms with van der Waals surface area (Å²) in [6.45, 7) is 5.19. The third-order valence-corrected chi connectivity index (χ3v) is 3.12. The van der Waals surface area contributed by atoms with E-state index in [9.17, 15) is 0 Å². The van der Waals surface area contributed by atoms with Crippen LogP contribution in [0.15, 0.2) is 42.5 Å². The van der Waals surface area contributed by atoms with E-state index in [1.54, 1.807) is 7.11 Å². The summed E-state index contributed by atoms with van der Waals surface area (Å²) in [5.41, 5.74) is 5.11.